The number of aryl methyl sites for hydroxylation is 2. The SMILES string of the molecule is Cc1nc2c(cnn2Cc2cccnc2)c(C)c1CCC(=O)O. The van der Waals surface area contributed by atoms with E-state index >= 15 is 0 Å². The highest BCUT2D eigenvalue weighted by Gasteiger charge is 2.14. The van der Waals surface area contributed by atoms with E-state index in [4.69, 9.17) is 5.11 Å². The molecule has 3 aromatic heterocycles. The van der Waals surface area contributed by atoms with Crippen LogP contribution >= 0.6 is 0 Å². The number of aromatic nitrogens is 4. The van der Waals surface area contributed by atoms with Gasteiger partial charge in [-0.2, -0.15) is 5.10 Å². The topological polar surface area (TPSA) is 80.9 Å². The summed E-state index contributed by atoms with van der Waals surface area (Å²) >= 11 is 0. The number of carboxylic acid groups (broad SMARTS) is 1. The predicted octanol–water partition coefficient (Wildman–Crippen LogP) is 2.51. The van der Waals surface area contributed by atoms with Gasteiger partial charge < -0.3 is 5.11 Å². The molecule has 3 rings (SSSR count). The van der Waals surface area contributed by atoms with Crippen molar-refractivity contribution in [3.8, 4) is 0 Å². The van der Waals surface area contributed by atoms with E-state index in [-0.39, 0.29) is 6.42 Å². The molecule has 1 N–H and O–H groups in total. The maximum absolute atomic E-state index is 10.8. The lowest BCUT2D eigenvalue weighted by Gasteiger charge is -2.10. The second-order valence-corrected chi connectivity index (χ2v) is 5.60. The van der Waals surface area contributed by atoms with Crippen LogP contribution in [0.2, 0.25) is 0 Å². The number of fused-ring (bicyclic) bond motifs is 1. The van der Waals surface area contributed by atoms with Crippen LogP contribution in [0.5, 0.6) is 0 Å². The van der Waals surface area contributed by atoms with Gasteiger partial charge in [-0.05, 0) is 43.0 Å². The Hall–Kier alpha value is -2.76. The van der Waals surface area contributed by atoms with Crippen LogP contribution < -0.4 is 0 Å². The molecule has 6 nitrogen and oxygen atoms in total. The van der Waals surface area contributed by atoms with Gasteiger partial charge in [0, 0.05) is 29.9 Å². The first-order valence-electron chi connectivity index (χ1n) is 7.48. The molecule has 118 valence electrons. The number of carboxylic acids is 1. The standard InChI is InChI=1S/C17H18N4O2/c1-11-14(5-6-16(22)23)12(2)20-17-15(11)9-19-21(17)10-13-4-3-7-18-8-13/h3-4,7-9H,5-6,10H2,1-2H3,(H,22,23). The summed E-state index contributed by atoms with van der Waals surface area (Å²) in [5.41, 5.74) is 4.81. The fourth-order valence-electron chi connectivity index (χ4n) is 2.80. The van der Waals surface area contributed by atoms with Crippen LogP contribution in [0.15, 0.2) is 30.7 Å². The molecule has 0 radical (unpaired) electrons. The maximum atomic E-state index is 10.8. The molecule has 0 bridgehead atoms. The largest absolute Gasteiger partial charge is 0.481 e. The first-order valence-corrected chi connectivity index (χ1v) is 7.48. The summed E-state index contributed by atoms with van der Waals surface area (Å²) < 4.78 is 1.85. The van der Waals surface area contributed by atoms with E-state index in [1.807, 2.05) is 36.9 Å². The Morgan fingerprint density at radius 2 is 2.13 bits per heavy atom. The molecule has 3 heterocycles. The van der Waals surface area contributed by atoms with E-state index in [0.29, 0.717) is 13.0 Å². The molecule has 0 aliphatic heterocycles. The number of pyridine rings is 2. The van der Waals surface area contributed by atoms with E-state index in [1.54, 1.807) is 12.4 Å². The lowest BCUT2D eigenvalue weighted by atomic mass is 10.0. The molecule has 0 aliphatic carbocycles. The Bertz CT molecular complexity index is 856. The van der Waals surface area contributed by atoms with Crippen molar-refractivity contribution in [2.75, 3.05) is 0 Å². The van der Waals surface area contributed by atoms with Crippen LogP contribution in [0.3, 0.4) is 0 Å². The summed E-state index contributed by atoms with van der Waals surface area (Å²) in [6.45, 7) is 4.53. The van der Waals surface area contributed by atoms with E-state index in [0.717, 1.165) is 33.4 Å². The van der Waals surface area contributed by atoms with Gasteiger partial charge in [0.25, 0.3) is 0 Å². The molecule has 6 heteroatoms. The van der Waals surface area contributed by atoms with Crippen LogP contribution in [0, 0.1) is 13.8 Å². The molecular weight excluding hydrogens is 292 g/mol. The van der Waals surface area contributed by atoms with Crippen molar-refractivity contribution >= 4 is 17.0 Å². The average molecular weight is 310 g/mol. The van der Waals surface area contributed by atoms with Crippen molar-refractivity contribution in [3.63, 3.8) is 0 Å². The molecule has 0 aromatic carbocycles. The van der Waals surface area contributed by atoms with Gasteiger partial charge in [0.15, 0.2) is 5.65 Å². The third-order valence-corrected chi connectivity index (χ3v) is 4.02. The molecule has 3 aromatic rings. The summed E-state index contributed by atoms with van der Waals surface area (Å²) in [4.78, 5) is 19.6. The Kier molecular flexibility index (Phi) is 4.06. The Balaban J connectivity index is 1.99. The third-order valence-electron chi connectivity index (χ3n) is 4.02. The monoisotopic (exact) mass is 310 g/mol. The van der Waals surface area contributed by atoms with E-state index in [9.17, 15) is 4.79 Å². The minimum absolute atomic E-state index is 0.110. The fourth-order valence-corrected chi connectivity index (χ4v) is 2.80. The van der Waals surface area contributed by atoms with Crippen molar-refractivity contribution in [1.29, 1.82) is 0 Å². The normalized spacial score (nSPS) is 11.0. The molecule has 0 aliphatic rings. The molecule has 0 spiro atoms. The Morgan fingerprint density at radius 1 is 1.30 bits per heavy atom. The highest BCUT2D eigenvalue weighted by molar-refractivity contribution is 5.80. The summed E-state index contributed by atoms with van der Waals surface area (Å²) in [6, 6.07) is 3.90. The number of aliphatic carboxylic acids is 1. The van der Waals surface area contributed by atoms with Crippen LogP contribution in [0.4, 0.5) is 0 Å². The molecule has 23 heavy (non-hydrogen) atoms. The zero-order chi connectivity index (χ0) is 16.4. The lowest BCUT2D eigenvalue weighted by molar-refractivity contribution is -0.136. The van der Waals surface area contributed by atoms with Gasteiger partial charge in [-0.3, -0.25) is 9.78 Å². The summed E-state index contributed by atoms with van der Waals surface area (Å²) in [5.74, 6) is -0.795. The van der Waals surface area contributed by atoms with Crippen molar-refractivity contribution in [1.82, 2.24) is 19.7 Å². The van der Waals surface area contributed by atoms with E-state index in [2.05, 4.69) is 15.1 Å². The van der Waals surface area contributed by atoms with Gasteiger partial charge in [0.05, 0.1) is 12.7 Å². The molecule has 0 saturated carbocycles. The van der Waals surface area contributed by atoms with Gasteiger partial charge >= 0.3 is 5.97 Å². The summed E-state index contributed by atoms with van der Waals surface area (Å²) in [5, 5.41) is 14.3. The van der Waals surface area contributed by atoms with Crippen LogP contribution in [-0.4, -0.2) is 30.8 Å². The van der Waals surface area contributed by atoms with Gasteiger partial charge in [0.2, 0.25) is 0 Å². The number of hydrogen-bond acceptors (Lipinski definition) is 4. The molecule has 0 saturated heterocycles. The minimum Gasteiger partial charge on any atom is -0.481 e. The number of rotatable bonds is 5. The molecule has 0 fully saturated rings. The molecule has 0 atom stereocenters. The van der Waals surface area contributed by atoms with Gasteiger partial charge in [-0.1, -0.05) is 6.07 Å². The summed E-state index contributed by atoms with van der Waals surface area (Å²) in [6.07, 6.45) is 5.96. The quantitative estimate of drug-likeness (QED) is 0.783. The summed E-state index contributed by atoms with van der Waals surface area (Å²) in [7, 11) is 0. The fraction of sp³-hybridized carbons (Fsp3) is 0.294. The van der Waals surface area contributed by atoms with Crippen molar-refractivity contribution in [3.05, 3.63) is 53.1 Å². The van der Waals surface area contributed by atoms with Crippen LogP contribution in [0.1, 0.15) is 28.8 Å². The highest BCUT2D eigenvalue weighted by atomic mass is 16.4. The average Bonchev–Trinajstić information content (AvgIpc) is 2.91. The predicted molar refractivity (Wildman–Crippen MR) is 86.3 cm³/mol. The molecule has 0 unspecified atom stereocenters. The molecular formula is C17H18N4O2. The van der Waals surface area contributed by atoms with Crippen molar-refractivity contribution < 1.29 is 9.90 Å². The number of hydrogen-bond donors (Lipinski definition) is 1. The maximum Gasteiger partial charge on any atom is 0.303 e. The van der Waals surface area contributed by atoms with E-state index < -0.39 is 5.97 Å². The smallest absolute Gasteiger partial charge is 0.303 e. The van der Waals surface area contributed by atoms with Crippen LogP contribution in [0.25, 0.3) is 11.0 Å². The van der Waals surface area contributed by atoms with Crippen molar-refractivity contribution in [2.24, 2.45) is 0 Å². The van der Waals surface area contributed by atoms with Crippen LogP contribution in [-0.2, 0) is 17.8 Å². The molecule has 0 amide bonds. The second-order valence-electron chi connectivity index (χ2n) is 5.60. The Labute approximate surface area is 133 Å². The lowest BCUT2D eigenvalue weighted by Crippen LogP contribution is -2.06. The number of carbonyl (C=O) groups is 1. The van der Waals surface area contributed by atoms with Crippen molar-refractivity contribution in [2.45, 2.75) is 33.2 Å². The van der Waals surface area contributed by atoms with Gasteiger partial charge in [0.1, 0.15) is 0 Å². The number of nitrogens with zero attached hydrogens (tertiary/aromatic N) is 4. The first kappa shape index (κ1) is 15.1. The van der Waals surface area contributed by atoms with Gasteiger partial charge in [-0.25, -0.2) is 9.67 Å². The first-order chi connectivity index (χ1) is 11.1. The minimum atomic E-state index is -0.795. The van der Waals surface area contributed by atoms with E-state index in [1.165, 1.54) is 0 Å². The zero-order valence-electron chi connectivity index (χ0n) is 13.2. The zero-order valence-corrected chi connectivity index (χ0v) is 13.2. The van der Waals surface area contributed by atoms with Gasteiger partial charge in [-0.15, -0.1) is 0 Å². The second kappa shape index (κ2) is 6.16. The third kappa shape index (κ3) is 3.06. The highest BCUT2D eigenvalue weighted by Crippen LogP contribution is 2.24. The Morgan fingerprint density at radius 3 is 2.83 bits per heavy atom.